The molecule has 3 N–H and O–H groups in total. The molecule has 7 heteroatoms. The molecule has 2 aromatic rings. The van der Waals surface area contributed by atoms with Gasteiger partial charge in [-0.2, -0.15) is 0 Å². The molecular formula is C13H12N4O3. The lowest BCUT2D eigenvalue weighted by Gasteiger charge is -2.06. The first-order valence-corrected chi connectivity index (χ1v) is 5.98. The van der Waals surface area contributed by atoms with Crippen LogP contribution in [0.15, 0.2) is 30.3 Å². The van der Waals surface area contributed by atoms with Gasteiger partial charge in [-0.05, 0) is 29.8 Å². The van der Waals surface area contributed by atoms with Crippen molar-refractivity contribution in [3.8, 4) is 11.5 Å². The number of aromatic nitrogens is 2. The number of benzene rings is 1. The normalized spacial score (nSPS) is 12.2. The predicted octanol–water partition coefficient (Wildman–Crippen LogP) is 0.916. The van der Waals surface area contributed by atoms with E-state index in [1.807, 2.05) is 18.2 Å². The van der Waals surface area contributed by atoms with E-state index in [0.29, 0.717) is 12.4 Å². The van der Waals surface area contributed by atoms with E-state index >= 15 is 0 Å². The highest BCUT2D eigenvalue weighted by atomic mass is 16.7. The second kappa shape index (κ2) is 5.04. The van der Waals surface area contributed by atoms with Gasteiger partial charge in [-0.25, -0.2) is 0 Å². The van der Waals surface area contributed by atoms with E-state index in [0.717, 1.165) is 17.1 Å². The average Bonchev–Trinajstić information content (AvgIpc) is 2.93. The van der Waals surface area contributed by atoms with Crippen LogP contribution in [-0.2, 0) is 6.54 Å². The molecule has 3 rings (SSSR count). The zero-order chi connectivity index (χ0) is 13.9. The van der Waals surface area contributed by atoms with Crippen molar-refractivity contribution in [2.75, 3.05) is 12.1 Å². The summed E-state index contributed by atoms with van der Waals surface area (Å²) < 4.78 is 10.5. The number of carbonyl (C=O) groups excluding carboxylic acids is 1. The third-order valence-electron chi connectivity index (χ3n) is 2.83. The summed E-state index contributed by atoms with van der Waals surface area (Å²) in [4.78, 5) is 10.9. The van der Waals surface area contributed by atoms with Crippen LogP contribution in [0.3, 0.4) is 0 Å². The molecule has 0 spiro atoms. The van der Waals surface area contributed by atoms with Gasteiger partial charge >= 0.3 is 0 Å². The molecule has 0 radical (unpaired) electrons. The Hall–Kier alpha value is -2.83. The second-order valence-electron chi connectivity index (χ2n) is 4.21. The van der Waals surface area contributed by atoms with Gasteiger partial charge in [0.05, 0.1) is 0 Å². The van der Waals surface area contributed by atoms with Crippen molar-refractivity contribution in [1.29, 1.82) is 0 Å². The molecule has 0 fully saturated rings. The van der Waals surface area contributed by atoms with Crippen molar-refractivity contribution in [3.63, 3.8) is 0 Å². The first-order valence-electron chi connectivity index (χ1n) is 5.98. The van der Waals surface area contributed by atoms with Crippen LogP contribution in [0, 0.1) is 0 Å². The summed E-state index contributed by atoms with van der Waals surface area (Å²) in [6.45, 7) is 0.813. The first kappa shape index (κ1) is 12.2. The molecule has 20 heavy (non-hydrogen) atoms. The number of nitrogens with one attached hydrogen (secondary N) is 1. The Morgan fingerprint density at radius 1 is 1.20 bits per heavy atom. The Labute approximate surface area is 114 Å². The number of amides is 1. The highest BCUT2D eigenvalue weighted by molar-refractivity contribution is 5.90. The van der Waals surface area contributed by atoms with Crippen LogP contribution in [0.2, 0.25) is 0 Å². The number of nitrogens with two attached hydrogens (primary N) is 1. The lowest BCUT2D eigenvalue weighted by atomic mass is 10.2. The average molecular weight is 272 g/mol. The Morgan fingerprint density at radius 3 is 2.80 bits per heavy atom. The first-order chi connectivity index (χ1) is 9.72. The fraction of sp³-hybridized carbons (Fsp3) is 0.154. The molecule has 0 bridgehead atoms. The zero-order valence-electron chi connectivity index (χ0n) is 10.5. The summed E-state index contributed by atoms with van der Waals surface area (Å²) >= 11 is 0. The predicted molar refractivity (Wildman–Crippen MR) is 70.4 cm³/mol. The second-order valence-corrected chi connectivity index (χ2v) is 4.21. The summed E-state index contributed by atoms with van der Waals surface area (Å²) in [5.41, 5.74) is 6.25. The monoisotopic (exact) mass is 272 g/mol. The molecule has 0 atom stereocenters. The number of ether oxygens (including phenoxy) is 2. The van der Waals surface area contributed by atoms with Gasteiger partial charge in [0.25, 0.3) is 5.91 Å². The molecule has 1 aliphatic rings. The van der Waals surface area contributed by atoms with Crippen LogP contribution in [-0.4, -0.2) is 22.9 Å². The molecule has 0 unspecified atom stereocenters. The van der Waals surface area contributed by atoms with Gasteiger partial charge in [0.2, 0.25) is 6.79 Å². The maximum Gasteiger partial charge on any atom is 0.269 e. The van der Waals surface area contributed by atoms with E-state index in [1.54, 1.807) is 6.07 Å². The Kier molecular flexibility index (Phi) is 3.08. The molecule has 0 aliphatic carbocycles. The third-order valence-corrected chi connectivity index (χ3v) is 2.83. The van der Waals surface area contributed by atoms with E-state index < -0.39 is 5.91 Å². The number of rotatable bonds is 4. The molecule has 1 aromatic heterocycles. The largest absolute Gasteiger partial charge is 0.454 e. The molecule has 0 saturated carbocycles. The van der Waals surface area contributed by atoms with Gasteiger partial charge in [-0.3, -0.25) is 4.79 Å². The number of anilines is 1. The molecule has 7 nitrogen and oxygen atoms in total. The lowest BCUT2D eigenvalue weighted by molar-refractivity contribution is 0.0994. The minimum absolute atomic E-state index is 0.138. The van der Waals surface area contributed by atoms with Crippen LogP contribution in [0.25, 0.3) is 0 Å². The molecule has 2 heterocycles. The summed E-state index contributed by atoms with van der Waals surface area (Å²) in [6.07, 6.45) is 0. The van der Waals surface area contributed by atoms with E-state index in [-0.39, 0.29) is 12.5 Å². The Bertz CT molecular complexity index is 643. The molecular weight excluding hydrogens is 260 g/mol. The van der Waals surface area contributed by atoms with Gasteiger partial charge in [0.15, 0.2) is 17.2 Å². The van der Waals surface area contributed by atoms with Gasteiger partial charge in [-0.15, -0.1) is 10.2 Å². The summed E-state index contributed by atoms with van der Waals surface area (Å²) in [6, 6.07) is 8.88. The van der Waals surface area contributed by atoms with Gasteiger partial charge < -0.3 is 20.5 Å². The topological polar surface area (TPSA) is 99.4 Å². The van der Waals surface area contributed by atoms with E-state index in [9.17, 15) is 4.79 Å². The SMILES string of the molecule is NC(=O)c1ccc(NCc2ccc3c(c2)OCO3)nn1. The lowest BCUT2D eigenvalue weighted by Crippen LogP contribution is -2.14. The van der Waals surface area contributed by atoms with Crippen molar-refractivity contribution in [2.24, 2.45) is 5.73 Å². The highest BCUT2D eigenvalue weighted by Crippen LogP contribution is 2.32. The maximum atomic E-state index is 10.9. The molecule has 0 saturated heterocycles. The van der Waals surface area contributed by atoms with Crippen LogP contribution < -0.4 is 20.5 Å². The van der Waals surface area contributed by atoms with E-state index in [2.05, 4.69) is 15.5 Å². The van der Waals surface area contributed by atoms with Crippen LogP contribution >= 0.6 is 0 Å². The number of primary amides is 1. The van der Waals surface area contributed by atoms with Crippen molar-refractivity contribution in [3.05, 3.63) is 41.6 Å². The fourth-order valence-corrected chi connectivity index (χ4v) is 1.80. The smallest absolute Gasteiger partial charge is 0.269 e. The molecule has 1 aromatic carbocycles. The van der Waals surface area contributed by atoms with Crippen LogP contribution in [0.4, 0.5) is 5.82 Å². The summed E-state index contributed by atoms with van der Waals surface area (Å²) in [7, 11) is 0. The quantitative estimate of drug-likeness (QED) is 0.858. The van der Waals surface area contributed by atoms with E-state index in [1.165, 1.54) is 6.07 Å². The minimum atomic E-state index is -0.597. The summed E-state index contributed by atoms with van der Waals surface area (Å²) in [5, 5.41) is 10.7. The van der Waals surface area contributed by atoms with Gasteiger partial charge in [0, 0.05) is 6.54 Å². The summed E-state index contributed by atoms with van der Waals surface area (Å²) in [5.74, 6) is 1.45. The van der Waals surface area contributed by atoms with Crippen molar-refractivity contribution >= 4 is 11.7 Å². The van der Waals surface area contributed by atoms with Gasteiger partial charge in [-0.1, -0.05) is 6.07 Å². The Balaban J connectivity index is 1.65. The van der Waals surface area contributed by atoms with Crippen molar-refractivity contribution in [2.45, 2.75) is 6.54 Å². The van der Waals surface area contributed by atoms with E-state index in [4.69, 9.17) is 15.2 Å². The standard InChI is InChI=1S/C13H12N4O3/c14-13(18)9-2-4-12(17-16-9)15-6-8-1-3-10-11(5-8)20-7-19-10/h1-5H,6-7H2,(H2,14,18)(H,15,17). The van der Waals surface area contributed by atoms with Crippen LogP contribution in [0.5, 0.6) is 11.5 Å². The minimum Gasteiger partial charge on any atom is -0.454 e. The maximum absolute atomic E-state index is 10.9. The van der Waals surface area contributed by atoms with Crippen molar-refractivity contribution < 1.29 is 14.3 Å². The van der Waals surface area contributed by atoms with Gasteiger partial charge in [0.1, 0.15) is 5.82 Å². The highest BCUT2D eigenvalue weighted by Gasteiger charge is 2.13. The molecule has 1 amide bonds. The molecule has 102 valence electrons. The Morgan fingerprint density at radius 2 is 2.05 bits per heavy atom. The number of hydrogen-bond acceptors (Lipinski definition) is 6. The number of fused-ring (bicyclic) bond motifs is 1. The van der Waals surface area contributed by atoms with Crippen molar-refractivity contribution in [1.82, 2.24) is 10.2 Å². The zero-order valence-corrected chi connectivity index (χ0v) is 10.5. The molecule has 1 aliphatic heterocycles. The number of carbonyl (C=O) groups is 1. The number of nitrogens with zero attached hydrogens (tertiary/aromatic N) is 2. The number of hydrogen-bond donors (Lipinski definition) is 2. The third kappa shape index (κ3) is 2.46. The van der Waals surface area contributed by atoms with Crippen LogP contribution in [0.1, 0.15) is 16.1 Å². The fourth-order valence-electron chi connectivity index (χ4n) is 1.80.